The van der Waals surface area contributed by atoms with E-state index in [1.807, 2.05) is 0 Å². The molecule has 2 heteroatoms. The van der Waals surface area contributed by atoms with Crippen molar-refractivity contribution < 1.29 is 0 Å². The first kappa shape index (κ1) is 10.8. The molecular weight excluding hydrogens is 206 g/mol. The minimum atomic E-state index is 0.623. The van der Waals surface area contributed by atoms with Crippen LogP contribution in [0.3, 0.4) is 0 Å². The predicted molar refractivity (Wildman–Crippen MR) is 67.0 cm³/mol. The highest BCUT2D eigenvalue weighted by Gasteiger charge is 2.22. The molecule has 1 aromatic carbocycles. The Kier molecular flexibility index (Phi) is 3.20. The molecule has 0 bridgehead atoms. The van der Waals surface area contributed by atoms with E-state index in [1.165, 1.54) is 29.7 Å². The fourth-order valence-electron chi connectivity index (χ4n) is 2.34. The molecule has 2 rings (SSSR count). The topological polar surface area (TPSA) is 3.24 Å². The van der Waals surface area contributed by atoms with Crippen LogP contribution < -0.4 is 4.90 Å². The number of benzene rings is 1. The monoisotopic (exact) mass is 223 g/mol. The number of fused-ring (bicyclic) bond motifs is 1. The minimum Gasteiger partial charge on any atom is -0.367 e. The van der Waals surface area contributed by atoms with E-state index >= 15 is 0 Å². The Morgan fingerprint density at radius 1 is 1.47 bits per heavy atom. The Morgan fingerprint density at radius 3 is 3.00 bits per heavy atom. The standard InChI is InChI=1S/C13H18ClN/c1-10-3-5-12-6-4-11(2)15(8-7-14)13(12)9-10/h3,5,9,11H,4,6-8H2,1-2H3. The van der Waals surface area contributed by atoms with Gasteiger partial charge in [0.2, 0.25) is 0 Å². The quantitative estimate of drug-likeness (QED) is 0.695. The summed E-state index contributed by atoms with van der Waals surface area (Å²) in [5, 5.41) is 0. The summed E-state index contributed by atoms with van der Waals surface area (Å²) in [6, 6.07) is 7.38. The molecule has 1 heterocycles. The smallest absolute Gasteiger partial charge is 0.0404 e. The number of halogens is 1. The third-order valence-electron chi connectivity index (χ3n) is 3.24. The van der Waals surface area contributed by atoms with E-state index in [0.29, 0.717) is 11.9 Å². The van der Waals surface area contributed by atoms with Crippen LogP contribution in [0.2, 0.25) is 0 Å². The number of anilines is 1. The zero-order valence-corrected chi connectivity index (χ0v) is 10.2. The van der Waals surface area contributed by atoms with Crippen LogP contribution in [0.25, 0.3) is 0 Å². The number of aryl methyl sites for hydroxylation is 2. The molecule has 0 saturated carbocycles. The molecule has 0 aromatic heterocycles. The van der Waals surface area contributed by atoms with Gasteiger partial charge in [-0.1, -0.05) is 12.1 Å². The van der Waals surface area contributed by atoms with E-state index in [-0.39, 0.29) is 0 Å². The average molecular weight is 224 g/mol. The maximum atomic E-state index is 5.86. The summed E-state index contributed by atoms with van der Waals surface area (Å²) in [6.07, 6.45) is 2.45. The van der Waals surface area contributed by atoms with E-state index in [4.69, 9.17) is 11.6 Å². The summed E-state index contributed by atoms with van der Waals surface area (Å²) in [6.45, 7) is 5.40. The molecule has 1 unspecified atom stereocenters. The SMILES string of the molecule is Cc1ccc2c(c1)N(CCCl)C(C)CC2. The maximum absolute atomic E-state index is 5.86. The van der Waals surface area contributed by atoms with E-state index in [9.17, 15) is 0 Å². The lowest BCUT2D eigenvalue weighted by atomic mass is 9.95. The fraction of sp³-hybridized carbons (Fsp3) is 0.538. The van der Waals surface area contributed by atoms with Gasteiger partial charge in [-0.2, -0.15) is 0 Å². The Morgan fingerprint density at radius 2 is 2.27 bits per heavy atom. The van der Waals surface area contributed by atoms with E-state index < -0.39 is 0 Å². The lowest BCUT2D eigenvalue weighted by Gasteiger charge is -2.37. The number of alkyl halides is 1. The molecule has 1 aliphatic rings. The Bertz CT molecular complexity index is 348. The molecule has 1 aromatic rings. The maximum Gasteiger partial charge on any atom is 0.0404 e. The summed E-state index contributed by atoms with van der Waals surface area (Å²) in [5.41, 5.74) is 4.21. The number of rotatable bonds is 2. The van der Waals surface area contributed by atoms with Crippen LogP contribution in [0.4, 0.5) is 5.69 Å². The molecule has 0 N–H and O–H groups in total. The largest absolute Gasteiger partial charge is 0.367 e. The van der Waals surface area contributed by atoms with Crippen molar-refractivity contribution in [2.45, 2.75) is 32.7 Å². The highest BCUT2D eigenvalue weighted by atomic mass is 35.5. The van der Waals surface area contributed by atoms with Gasteiger partial charge in [0, 0.05) is 24.2 Å². The lowest BCUT2D eigenvalue weighted by Crippen LogP contribution is -2.38. The zero-order valence-electron chi connectivity index (χ0n) is 9.46. The van der Waals surface area contributed by atoms with Gasteiger partial charge >= 0.3 is 0 Å². The second-order valence-corrected chi connectivity index (χ2v) is 4.78. The first-order valence-corrected chi connectivity index (χ1v) is 6.18. The Labute approximate surface area is 97.0 Å². The zero-order chi connectivity index (χ0) is 10.8. The summed E-state index contributed by atoms with van der Waals surface area (Å²) in [4.78, 5) is 2.44. The predicted octanol–water partition coefficient (Wildman–Crippen LogP) is 3.37. The van der Waals surface area contributed by atoms with Crippen LogP contribution in [0, 0.1) is 6.92 Å². The van der Waals surface area contributed by atoms with Gasteiger partial charge in [-0.05, 0) is 43.9 Å². The normalized spacial score (nSPS) is 20.2. The molecule has 1 aliphatic heterocycles. The number of hydrogen-bond donors (Lipinski definition) is 0. The highest BCUT2D eigenvalue weighted by molar-refractivity contribution is 6.18. The van der Waals surface area contributed by atoms with Crippen molar-refractivity contribution in [1.82, 2.24) is 0 Å². The van der Waals surface area contributed by atoms with Gasteiger partial charge in [-0.25, -0.2) is 0 Å². The van der Waals surface area contributed by atoms with Crippen LogP contribution in [0.15, 0.2) is 18.2 Å². The van der Waals surface area contributed by atoms with E-state index in [1.54, 1.807) is 0 Å². The number of hydrogen-bond acceptors (Lipinski definition) is 1. The van der Waals surface area contributed by atoms with Crippen molar-refractivity contribution in [2.24, 2.45) is 0 Å². The molecule has 1 nitrogen and oxygen atoms in total. The van der Waals surface area contributed by atoms with Crippen LogP contribution in [-0.2, 0) is 6.42 Å². The van der Waals surface area contributed by atoms with Crippen LogP contribution in [-0.4, -0.2) is 18.5 Å². The third-order valence-corrected chi connectivity index (χ3v) is 3.41. The van der Waals surface area contributed by atoms with Crippen molar-refractivity contribution in [3.05, 3.63) is 29.3 Å². The van der Waals surface area contributed by atoms with Crippen molar-refractivity contribution in [2.75, 3.05) is 17.3 Å². The molecule has 0 saturated heterocycles. The van der Waals surface area contributed by atoms with Gasteiger partial charge in [-0.15, -0.1) is 11.6 Å². The molecule has 0 aliphatic carbocycles. The van der Waals surface area contributed by atoms with Gasteiger partial charge in [-0.3, -0.25) is 0 Å². The summed E-state index contributed by atoms with van der Waals surface area (Å²) in [7, 11) is 0. The molecule has 0 amide bonds. The van der Waals surface area contributed by atoms with Crippen molar-refractivity contribution in [3.63, 3.8) is 0 Å². The van der Waals surface area contributed by atoms with Crippen LogP contribution in [0.5, 0.6) is 0 Å². The molecule has 0 spiro atoms. The second kappa shape index (κ2) is 4.44. The highest BCUT2D eigenvalue weighted by Crippen LogP contribution is 2.31. The lowest BCUT2D eigenvalue weighted by molar-refractivity contribution is 0.573. The molecule has 82 valence electrons. The molecular formula is C13H18ClN. The van der Waals surface area contributed by atoms with E-state index in [0.717, 1.165) is 6.54 Å². The van der Waals surface area contributed by atoms with Crippen molar-refractivity contribution in [1.29, 1.82) is 0 Å². The Hall–Kier alpha value is -0.690. The fourth-order valence-corrected chi connectivity index (χ4v) is 2.52. The molecule has 0 fully saturated rings. The van der Waals surface area contributed by atoms with Crippen molar-refractivity contribution in [3.8, 4) is 0 Å². The van der Waals surface area contributed by atoms with E-state index in [2.05, 4.69) is 36.9 Å². The molecule has 0 radical (unpaired) electrons. The minimum absolute atomic E-state index is 0.623. The first-order valence-electron chi connectivity index (χ1n) is 5.64. The molecule has 1 atom stereocenters. The van der Waals surface area contributed by atoms with Crippen LogP contribution >= 0.6 is 11.6 Å². The van der Waals surface area contributed by atoms with Gasteiger partial charge < -0.3 is 4.90 Å². The Balaban J connectivity index is 2.36. The van der Waals surface area contributed by atoms with Gasteiger partial charge in [0.25, 0.3) is 0 Å². The first-order chi connectivity index (χ1) is 7.22. The third kappa shape index (κ3) is 2.12. The van der Waals surface area contributed by atoms with Gasteiger partial charge in [0.15, 0.2) is 0 Å². The van der Waals surface area contributed by atoms with Crippen LogP contribution in [0.1, 0.15) is 24.5 Å². The van der Waals surface area contributed by atoms with Gasteiger partial charge in [0.1, 0.15) is 0 Å². The van der Waals surface area contributed by atoms with Crippen molar-refractivity contribution >= 4 is 17.3 Å². The number of nitrogens with zero attached hydrogens (tertiary/aromatic N) is 1. The van der Waals surface area contributed by atoms with Gasteiger partial charge in [0.05, 0.1) is 0 Å². The molecule has 15 heavy (non-hydrogen) atoms. The summed E-state index contributed by atoms with van der Waals surface area (Å²) >= 11 is 5.86. The second-order valence-electron chi connectivity index (χ2n) is 4.40. The average Bonchev–Trinajstić information content (AvgIpc) is 2.23. The summed E-state index contributed by atoms with van der Waals surface area (Å²) in [5.74, 6) is 0.706. The summed E-state index contributed by atoms with van der Waals surface area (Å²) < 4.78 is 0.